The molecule has 1 aromatic heterocycles. The molecular weight excluding hydrogens is 417 g/mol. The average Bonchev–Trinajstić information content (AvgIpc) is 3.08. The molecule has 0 radical (unpaired) electrons. The lowest BCUT2D eigenvalue weighted by Crippen LogP contribution is -2.45. The molecule has 1 aromatic carbocycles. The Kier molecular flexibility index (Phi) is 7.41. The Morgan fingerprint density at radius 2 is 1.83 bits per heavy atom. The van der Waals surface area contributed by atoms with Crippen molar-refractivity contribution < 1.29 is 22.8 Å². The van der Waals surface area contributed by atoms with Gasteiger partial charge in [0.25, 0.3) is 0 Å². The highest BCUT2D eigenvalue weighted by molar-refractivity contribution is 7.99. The number of nitrogens with one attached hydrogen (secondary N) is 2. The first-order chi connectivity index (χ1) is 14.3. The third-order valence-corrected chi connectivity index (χ3v) is 5.74. The van der Waals surface area contributed by atoms with Gasteiger partial charge in [0.05, 0.1) is 17.6 Å². The molecule has 0 saturated heterocycles. The predicted octanol–water partition coefficient (Wildman–Crippen LogP) is 4.36. The fourth-order valence-corrected chi connectivity index (χ4v) is 4.18. The number of amides is 3. The lowest BCUT2D eigenvalue weighted by Gasteiger charge is -2.22. The molecule has 0 unspecified atom stereocenters. The second-order valence-electron chi connectivity index (χ2n) is 7.14. The standard InChI is InChI=1S/C20H23F3N4O2S/c21-20(22,23)13-27-16(14-7-3-1-4-8-14)11-24-19(27)30-12-17(28)26-18(29)25-15-9-5-2-6-10-15/h1,3-4,7-8,11,15H,2,5-6,9-10,12-13H2,(H2,25,26,28,29). The predicted molar refractivity (Wildman–Crippen MR) is 108 cm³/mol. The Morgan fingerprint density at radius 1 is 1.13 bits per heavy atom. The lowest BCUT2D eigenvalue weighted by atomic mass is 9.96. The Hall–Kier alpha value is -2.49. The maximum atomic E-state index is 13.1. The molecule has 2 N–H and O–H groups in total. The maximum absolute atomic E-state index is 13.1. The van der Waals surface area contributed by atoms with Crippen molar-refractivity contribution >= 4 is 23.7 Å². The van der Waals surface area contributed by atoms with E-state index in [1.807, 2.05) is 0 Å². The third-order valence-electron chi connectivity index (χ3n) is 4.75. The van der Waals surface area contributed by atoms with Crippen molar-refractivity contribution in [3.8, 4) is 11.3 Å². The fourth-order valence-electron chi connectivity index (χ4n) is 3.41. The van der Waals surface area contributed by atoms with E-state index >= 15 is 0 Å². The summed E-state index contributed by atoms with van der Waals surface area (Å²) in [5.41, 5.74) is 0.906. The van der Waals surface area contributed by atoms with Crippen molar-refractivity contribution in [3.05, 3.63) is 36.5 Å². The topological polar surface area (TPSA) is 76.0 Å². The zero-order valence-corrected chi connectivity index (χ0v) is 17.1. The summed E-state index contributed by atoms with van der Waals surface area (Å²) in [5.74, 6) is -0.808. The van der Waals surface area contributed by atoms with E-state index in [4.69, 9.17) is 0 Å². The molecule has 1 saturated carbocycles. The van der Waals surface area contributed by atoms with Gasteiger partial charge in [-0.25, -0.2) is 9.78 Å². The minimum absolute atomic E-state index is 0.0540. The Balaban J connectivity index is 1.62. The van der Waals surface area contributed by atoms with E-state index in [9.17, 15) is 22.8 Å². The molecule has 0 aliphatic heterocycles. The van der Waals surface area contributed by atoms with Gasteiger partial charge in [0, 0.05) is 6.04 Å². The van der Waals surface area contributed by atoms with Crippen LogP contribution in [0.3, 0.4) is 0 Å². The van der Waals surface area contributed by atoms with E-state index in [1.54, 1.807) is 30.3 Å². The monoisotopic (exact) mass is 440 g/mol. The van der Waals surface area contributed by atoms with E-state index in [2.05, 4.69) is 15.6 Å². The van der Waals surface area contributed by atoms with Crippen LogP contribution in [0.25, 0.3) is 11.3 Å². The van der Waals surface area contributed by atoms with Crippen LogP contribution in [0.1, 0.15) is 32.1 Å². The van der Waals surface area contributed by atoms with Crippen molar-refractivity contribution in [2.45, 2.75) is 56.0 Å². The number of hydrogen-bond donors (Lipinski definition) is 2. The Morgan fingerprint density at radius 3 is 2.50 bits per heavy atom. The molecule has 1 aliphatic carbocycles. The number of imidazole rings is 1. The summed E-state index contributed by atoms with van der Waals surface area (Å²) < 4.78 is 40.3. The molecule has 162 valence electrons. The van der Waals surface area contributed by atoms with Crippen LogP contribution < -0.4 is 10.6 Å². The molecular formula is C20H23F3N4O2S. The highest BCUT2D eigenvalue weighted by Crippen LogP contribution is 2.30. The summed E-state index contributed by atoms with van der Waals surface area (Å²) in [5, 5.41) is 5.06. The van der Waals surface area contributed by atoms with Crippen LogP contribution in [0, 0.1) is 0 Å². The van der Waals surface area contributed by atoms with E-state index in [-0.39, 0.29) is 17.0 Å². The maximum Gasteiger partial charge on any atom is 0.406 e. The molecule has 2 aromatic rings. The van der Waals surface area contributed by atoms with Crippen LogP contribution in [0.5, 0.6) is 0 Å². The van der Waals surface area contributed by atoms with Crippen LogP contribution in [-0.4, -0.2) is 39.5 Å². The Labute approximate surface area is 176 Å². The number of carbonyl (C=O) groups is 2. The highest BCUT2D eigenvalue weighted by atomic mass is 32.2. The zero-order chi connectivity index (χ0) is 21.6. The van der Waals surface area contributed by atoms with Crippen LogP contribution in [0.4, 0.5) is 18.0 Å². The van der Waals surface area contributed by atoms with Crippen LogP contribution in [-0.2, 0) is 11.3 Å². The van der Waals surface area contributed by atoms with Crippen molar-refractivity contribution in [2.24, 2.45) is 0 Å². The van der Waals surface area contributed by atoms with Crippen molar-refractivity contribution in [2.75, 3.05) is 5.75 Å². The van der Waals surface area contributed by atoms with E-state index in [1.165, 1.54) is 6.20 Å². The van der Waals surface area contributed by atoms with E-state index < -0.39 is 24.7 Å². The average molecular weight is 440 g/mol. The number of imide groups is 1. The second-order valence-corrected chi connectivity index (χ2v) is 8.08. The number of carbonyl (C=O) groups excluding carboxylic acids is 2. The normalized spacial score (nSPS) is 15.0. The number of nitrogens with zero attached hydrogens (tertiary/aromatic N) is 2. The number of thioether (sulfide) groups is 1. The molecule has 6 nitrogen and oxygen atoms in total. The van der Waals surface area contributed by atoms with Crippen LogP contribution >= 0.6 is 11.8 Å². The van der Waals surface area contributed by atoms with Crippen molar-refractivity contribution in [1.82, 2.24) is 20.2 Å². The van der Waals surface area contributed by atoms with Gasteiger partial charge in [-0.05, 0) is 18.4 Å². The molecule has 10 heteroatoms. The molecule has 1 heterocycles. The first kappa shape index (κ1) is 22.2. The molecule has 3 amide bonds. The lowest BCUT2D eigenvalue weighted by molar-refractivity contribution is -0.141. The van der Waals surface area contributed by atoms with Crippen LogP contribution in [0.15, 0.2) is 41.7 Å². The number of hydrogen-bond acceptors (Lipinski definition) is 4. The number of rotatable bonds is 6. The molecule has 1 fully saturated rings. The number of benzene rings is 1. The fraction of sp³-hybridized carbons (Fsp3) is 0.450. The smallest absolute Gasteiger partial charge is 0.335 e. The zero-order valence-electron chi connectivity index (χ0n) is 16.2. The van der Waals surface area contributed by atoms with Crippen LogP contribution in [0.2, 0.25) is 0 Å². The molecule has 0 bridgehead atoms. The van der Waals surface area contributed by atoms with Gasteiger partial charge in [-0.15, -0.1) is 0 Å². The van der Waals surface area contributed by atoms with E-state index in [0.29, 0.717) is 11.3 Å². The minimum Gasteiger partial charge on any atom is -0.335 e. The van der Waals surface area contributed by atoms with Crippen molar-refractivity contribution in [3.63, 3.8) is 0 Å². The summed E-state index contributed by atoms with van der Waals surface area (Å²) in [6.07, 6.45) is 1.91. The first-order valence-corrected chi connectivity index (χ1v) is 10.7. The third kappa shape index (κ3) is 6.51. The molecule has 1 aliphatic rings. The molecule has 0 atom stereocenters. The first-order valence-electron chi connectivity index (χ1n) is 9.72. The minimum atomic E-state index is -4.44. The summed E-state index contributed by atoms with van der Waals surface area (Å²) in [4.78, 5) is 28.1. The van der Waals surface area contributed by atoms with Gasteiger partial charge in [0.2, 0.25) is 5.91 Å². The number of urea groups is 1. The van der Waals surface area contributed by atoms with Gasteiger partial charge in [-0.2, -0.15) is 13.2 Å². The highest BCUT2D eigenvalue weighted by Gasteiger charge is 2.31. The summed E-state index contributed by atoms with van der Waals surface area (Å²) in [7, 11) is 0. The molecule has 3 rings (SSSR count). The van der Waals surface area contributed by atoms with Gasteiger partial charge in [0.15, 0.2) is 5.16 Å². The summed E-state index contributed by atoms with van der Waals surface area (Å²) in [6.45, 7) is -1.22. The van der Waals surface area contributed by atoms with Gasteiger partial charge in [0.1, 0.15) is 6.54 Å². The second kappa shape index (κ2) is 10.0. The number of aromatic nitrogens is 2. The number of halogens is 3. The number of alkyl halides is 3. The van der Waals surface area contributed by atoms with Gasteiger partial charge in [-0.3, -0.25) is 10.1 Å². The molecule has 0 spiro atoms. The van der Waals surface area contributed by atoms with E-state index in [0.717, 1.165) is 48.4 Å². The Bertz CT molecular complexity index is 865. The summed E-state index contributed by atoms with van der Waals surface area (Å²) in [6, 6.07) is 8.10. The molecule has 30 heavy (non-hydrogen) atoms. The van der Waals surface area contributed by atoms with Gasteiger partial charge in [-0.1, -0.05) is 61.4 Å². The van der Waals surface area contributed by atoms with Gasteiger partial charge < -0.3 is 9.88 Å². The SMILES string of the molecule is O=C(CSc1ncc(-c2ccccc2)n1CC(F)(F)F)NC(=O)NC1CCCCC1. The largest absolute Gasteiger partial charge is 0.406 e. The summed E-state index contributed by atoms with van der Waals surface area (Å²) >= 11 is 0.859. The quantitative estimate of drug-likeness (QED) is 0.655. The van der Waals surface area contributed by atoms with Crippen molar-refractivity contribution in [1.29, 1.82) is 0 Å². The van der Waals surface area contributed by atoms with Gasteiger partial charge >= 0.3 is 12.2 Å².